The molecule has 0 aliphatic carbocycles. The molecule has 25 heavy (non-hydrogen) atoms. The van der Waals surface area contributed by atoms with Crippen LogP contribution in [0.25, 0.3) is 0 Å². The van der Waals surface area contributed by atoms with Gasteiger partial charge < -0.3 is 14.2 Å². The van der Waals surface area contributed by atoms with Crippen molar-refractivity contribution < 1.29 is 32.2 Å². The van der Waals surface area contributed by atoms with Gasteiger partial charge in [-0.3, -0.25) is 0 Å². The number of carbonyl (C=O) groups is 1. The number of alkyl halides is 3. The summed E-state index contributed by atoms with van der Waals surface area (Å²) in [7, 11) is 0. The minimum absolute atomic E-state index is 0.00325. The Morgan fingerprint density at radius 1 is 1.00 bits per heavy atom. The lowest BCUT2D eigenvalue weighted by molar-refractivity contribution is -0.274. The number of rotatable bonds is 7. The third-order valence-electron chi connectivity index (χ3n) is 3.21. The van der Waals surface area contributed by atoms with Crippen LogP contribution in [0.5, 0.6) is 11.5 Å². The fourth-order valence-corrected chi connectivity index (χ4v) is 2.19. The van der Waals surface area contributed by atoms with Gasteiger partial charge in [-0.1, -0.05) is 30.3 Å². The molecule has 0 aromatic heterocycles. The van der Waals surface area contributed by atoms with Crippen LogP contribution in [-0.2, 0) is 11.2 Å². The zero-order valence-corrected chi connectivity index (χ0v) is 13.5. The van der Waals surface area contributed by atoms with Gasteiger partial charge in [0.1, 0.15) is 17.1 Å². The van der Waals surface area contributed by atoms with Crippen LogP contribution in [0.2, 0.25) is 0 Å². The highest BCUT2D eigenvalue weighted by Gasteiger charge is 2.33. The van der Waals surface area contributed by atoms with Crippen LogP contribution in [-0.4, -0.2) is 25.5 Å². The molecule has 0 atom stereocenters. The van der Waals surface area contributed by atoms with Crippen LogP contribution in [0.15, 0.2) is 48.5 Å². The number of ether oxygens (including phenoxy) is 3. The van der Waals surface area contributed by atoms with Gasteiger partial charge in [0.15, 0.2) is 0 Å². The molecule has 134 valence electrons. The van der Waals surface area contributed by atoms with Gasteiger partial charge in [0, 0.05) is 6.42 Å². The second-order valence-electron chi connectivity index (χ2n) is 4.97. The second-order valence-corrected chi connectivity index (χ2v) is 4.97. The van der Waals surface area contributed by atoms with E-state index in [2.05, 4.69) is 4.74 Å². The summed E-state index contributed by atoms with van der Waals surface area (Å²) in [6, 6.07) is 12.3. The number of benzene rings is 2. The highest BCUT2D eigenvalue weighted by Crippen LogP contribution is 2.27. The summed E-state index contributed by atoms with van der Waals surface area (Å²) in [5, 5.41) is 0. The van der Waals surface area contributed by atoms with E-state index in [1.54, 1.807) is 6.07 Å². The van der Waals surface area contributed by atoms with E-state index < -0.39 is 18.1 Å². The fraction of sp³-hybridized carbons (Fsp3) is 0.278. The predicted octanol–water partition coefficient (Wildman–Crippen LogP) is 4.38. The molecule has 0 spiro atoms. The lowest BCUT2D eigenvalue weighted by Crippen LogP contribution is -2.19. The molecular weight excluding hydrogens is 337 g/mol. The van der Waals surface area contributed by atoms with Crippen molar-refractivity contribution in [1.82, 2.24) is 0 Å². The molecule has 2 rings (SSSR count). The zero-order valence-electron chi connectivity index (χ0n) is 13.5. The first-order chi connectivity index (χ1) is 11.9. The molecule has 0 heterocycles. The number of para-hydroxylation sites is 2. The average molecular weight is 354 g/mol. The topological polar surface area (TPSA) is 44.8 Å². The van der Waals surface area contributed by atoms with Crippen LogP contribution >= 0.6 is 0 Å². The first-order valence-electron chi connectivity index (χ1n) is 7.63. The van der Waals surface area contributed by atoms with Gasteiger partial charge in [0.05, 0.1) is 13.2 Å². The molecule has 0 saturated carbocycles. The van der Waals surface area contributed by atoms with E-state index in [-0.39, 0.29) is 12.2 Å². The van der Waals surface area contributed by atoms with Crippen molar-refractivity contribution >= 4 is 5.97 Å². The van der Waals surface area contributed by atoms with Crippen molar-refractivity contribution in [3.63, 3.8) is 0 Å². The number of hydrogen-bond donors (Lipinski definition) is 0. The van der Waals surface area contributed by atoms with Gasteiger partial charge in [-0.15, -0.1) is 13.2 Å². The van der Waals surface area contributed by atoms with Crippen molar-refractivity contribution in [2.75, 3.05) is 13.2 Å². The summed E-state index contributed by atoms with van der Waals surface area (Å²) in [5.41, 5.74) is 0.565. The van der Waals surface area contributed by atoms with E-state index in [0.717, 1.165) is 11.6 Å². The van der Waals surface area contributed by atoms with Gasteiger partial charge in [0.2, 0.25) is 0 Å². The molecule has 0 fully saturated rings. The lowest BCUT2D eigenvalue weighted by Gasteiger charge is -2.13. The zero-order chi connectivity index (χ0) is 18.3. The molecule has 4 nitrogen and oxygen atoms in total. The van der Waals surface area contributed by atoms with Crippen LogP contribution in [0, 0.1) is 0 Å². The van der Waals surface area contributed by atoms with E-state index in [1.165, 1.54) is 18.2 Å². The van der Waals surface area contributed by atoms with E-state index in [1.807, 2.05) is 25.1 Å². The standard InChI is InChI=1S/C18H17F3O4/c1-2-23-15-9-5-3-7-13(15)11-12-24-17(22)14-8-4-6-10-16(14)25-18(19,20)21/h3-10H,2,11-12H2,1H3. The Labute approximate surface area is 143 Å². The summed E-state index contributed by atoms with van der Waals surface area (Å²) in [6.45, 7) is 2.36. The molecule has 0 N–H and O–H groups in total. The highest BCUT2D eigenvalue weighted by atomic mass is 19.4. The molecule has 0 saturated heterocycles. The number of hydrogen-bond acceptors (Lipinski definition) is 4. The van der Waals surface area contributed by atoms with Crippen LogP contribution in [0.3, 0.4) is 0 Å². The minimum atomic E-state index is -4.88. The SMILES string of the molecule is CCOc1ccccc1CCOC(=O)c1ccccc1OC(F)(F)F. The molecule has 0 radical (unpaired) electrons. The van der Waals surface area contributed by atoms with Crippen LogP contribution in [0.1, 0.15) is 22.8 Å². The Bertz CT molecular complexity index is 713. The minimum Gasteiger partial charge on any atom is -0.494 e. The monoisotopic (exact) mass is 354 g/mol. The van der Waals surface area contributed by atoms with Crippen molar-refractivity contribution in [3.8, 4) is 11.5 Å². The molecule has 7 heteroatoms. The molecule has 2 aromatic rings. The maximum absolute atomic E-state index is 12.4. The highest BCUT2D eigenvalue weighted by molar-refractivity contribution is 5.92. The largest absolute Gasteiger partial charge is 0.573 e. The van der Waals surface area contributed by atoms with E-state index >= 15 is 0 Å². The summed E-state index contributed by atoms with van der Waals surface area (Å²) in [4.78, 5) is 12.1. The molecule has 0 unspecified atom stereocenters. The van der Waals surface area contributed by atoms with Crippen LogP contribution < -0.4 is 9.47 Å². The number of carbonyl (C=O) groups excluding carboxylic acids is 1. The van der Waals surface area contributed by atoms with E-state index in [9.17, 15) is 18.0 Å². The van der Waals surface area contributed by atoms with Crippen molar-refractivity contribution in [2.24, 2.45) is 0 Å². The van der Waals surface area contributed by atoms with Gasteiger partial charge >= 0.3 is 12.3 Å². The van der Waals surface area contributed by atoms with Crippen molar-refractivity contribution in [3.05, 3.63) is 59.7 Å². The molecule has 0 bridgehead atoms. The Morgan fingerprint density at radius 2 is 1.64 bits per heavy atom. The number of halogens is 3. The lowest BCUT2D eigenvalue weighted by atomic mass is 10.1. The summed E-state index contributed by atoms with van der Waals surface area (Å²) in [6.07, 6.45) is -4.50. The van der Waals surface area contributed by atoms with Gasteiger partial charge in [-0.2, -0.15) is 0 Å². The van der Waals surface area contributed by atoms with Gasteiger partial charge in [-0.25, -0.2) is 4.79 Å². The molecule has 0 aliphatic heterocycles. The van der Waals surface area contributed by atoms with Gasteiger partial charge in [-0.05, 0) is 30.7 Å². The number of esters is 1. The molecule has 0 amide bonds. The van der Waals surface area contributed by atoms with Crippen LogP contribution in [0.4, 0.5) is 13.2 Å². The average Bonchev–Trinajstić information content (AvgIpc) is 2.55. The Morgan fingerprint density at radius 3 is 2.32 bits per heavy atom. The Kier molecular flexibility index (Phi) is 6.27. The Balaban J connectivity index is 2.00. The summed E-state index contributed by atoms with van der Waals surface area (Å²) < 4.78 is 51.6. The van der Waals surface area contributed by atoms with Crippen molar-refractivity contribution in [2.45, 2.75) is 19.7 Å². The summed E-state index contributed by atoms with van der Waals surface area (Å²) in [5.74, 6) is -0.787. The Hall–Kier alpha value is -2.70. The first kappa shape index (κ1) is 18.6. The molecular formula is C18H17F3O4. The second kappa shape index (κ2) is 8.41. The third kappa shape index (κ3) is 5.70. The maximum atomic E-state index is 12.4. The molecule has 0 aliphatic rings. The third-order valence-corrected chi connectivity index (χ3v) is 3.21. The van der Waals surface area contributed by atoms with E-state index in [0.29, 0.717) is 18.8 Å². The first-order valence-corrected chi connectivity index (χ1v) is 7.63. The van der Waals surface area contributed by atoms with Crippen molar-refractivity contribution in [1.29, 1.82) is 0 Å². The normalized spacial score (nSPS) is 11.0. The summed E-state index contributed by atoms with van der Waals surface area (Å²) >= 11 is 0. The smallest absolute Gasteiger partial charge is 0.494 e. The molecule has 2 aromatic carbocycles. The maximum Gasteiger partial charge on any atom is 0.573 e. The quantitative estimate of drug-likeness (QED) is 0.692. The van der Waals surface area contributed by atoms with Gasteiger partial charge in [0.25, 0.3) is 0 Å². The van der Waals surface area contributed by atoms with E-state index in [4.69, 9.17) is 9.47 Å². The predicted molar refractivity (Wildman–Crippen MR) is 84.7 cm³/mol. The fourth-order valence-electron chi connectivity index (χ4n) is 2.19.